The van der Waals surface area contributed by atoms with Crippen molar-refractivity contribution in [3.63, 3.8) is 0 Å². The number of hydrogen-bond donors (Lipinski definition) is 1. The number of sulfonamides is 1. The number of carbonyl (C=O) groups is 2. The largest absolute Gasteiger partial charge is 0.420 e. The number of nitrogens with zero attached hydrogens (tertiary/aromatic N) is 2. The van der Waals surface area contributed by atoms with E-state index >= 15 is 0 Å². The Labute approximate surface area is 186 Å². The molecule has 4 rings (SSSR count). The molecule has 3 heterocycles. The van der Waals surface area contributed by atoms with Crippen molar-refractivity contribution >= 4 is 27.5 Å². The van der Waals surface area contributed by atoms with Gasteiger partial charge in [0, 0.05) is 0 Å². The van der Waals surface area contributed by atoms with Crippen LogP contribution in [0.5, 0.6) is 0 Å². The first kappa shape index (κ1) is 23.6. The van der Waals surface area contributed by atoms with Crippen LogP contribution in [0.3, 0.4) is 0 Å². The third-order valence-corrected chi connectivity index (χ3v) is 8.21. The smallest absolute Gasteiger partial charge is 0.366 e. The Morgan fingerprint density at radius 1 is 1.24 bits per heavy atom. The molecule has 1 aromatic carbocycles. The van der Waals surface area contributed by atoms with E-state index in [0.717, 1.165) is 6.07 Å². The average Bonchev–Trinajstić information content (AvgIpc) is 3.21. The van der Waals surface area contributed by atoms with Crippen molar-refractivity contribution in [2.24, 2.45) is 11.8 Å². The fourth-order valence-corrected chi connectivity index (χ4v) is 6.28. The molecule has 0 unspecified atom stereocenters. The van der Waals surface area contributed by atoms with Gasteiger partial charge in [0.25, 0.3) is 0 Å². The van der Waals surface area contributed by atoms with Crippen LogP contribution in [0.4, 0.5) is 23.2 Å². The molecule has 3 saturated heterocycles. The molecule has 8 nitrogen and oxygen atoms in total. The summed E-state index contributed by atoms with van der Waals surface area (Å²) in [6, 6.07) is 1.87. The van der Waals surface area contributed by atoms with Crippen LogP contribution in [0.15, 0.2) is 12.1 Å². The summed E-state index contributed by atoms with van der Waals surface area (Å²) in [6.45, 7) is 4.39. The minimum atomic E-state index is -5.24. The highest BCUT2D eigenvalue weighted by Gasteiger charge is 2.76. The number of carbonyl (C=O) groups excluding carboxylic acids is 2. The van der Waals surface area contributed by atoms with Crippen molar-refractivity contribution < 1.29 is 40.3 Å². The second-order valence-electron chi connectivity index (χ2n) is 8.77. The molecule has 1 N–H and O–H groups in total. The molecule has 2 bridgehead atoms. The standard InChI is InChI=1S/C20H19F4N3O5S/c1-4-33(30,31)26-11-7-18(2)13-14(19(11,3)32-18)17(29)27(16(13)28)10-6-5-9(8-25)12(15(10)21)20(22,23)24/h5-6,11,13-14,26H,4,7H2,1-3H3/t11-,13-,14+,18-,19+/m1/s1. The van der Waals surface area contributed by atoms with Gasteiger partial charge in [-0.25, -0.2) is 22.4 Å². The summed E-state index contributed by atoms with van der Waals surface area (Å²) in [5.74, 6) is -6.45. The minimum Gasteiger partial charge on any atom is -0.366 e. The van der Waals surface area contributed by atoms with Gasteiger partial charge in [-0.3, -0.25) is 9.59 Å². The van der Waals surface area contributed by atoms with Crippen molar-refractivity contribution in [3.05, 3.63) is 29.1 Å². The quantitative estimate of drug-likeness (QED) is 0.511. The predicted molar refractivity (Wildman–Crippen MR) is 104 cm³/mol. The highest BCUT2D eigenvalue weighted by molar-refractivity contribution is 7.89. The van der Waals surface area contributed by atoms with Crippen LogP contribution in [-0.2, 0) is 30.5 Å². The normalized spacial score (nSPS) is 33.5. The predicted octanol–water partition coefficient (Wildman–Crippen LogP) is 2.08. The zero-order chi connectivity index (χ0) is 24.7. The van der Waals surface area contributed by atoms with E-state index in [-0.39, 0.29) is 12.2 Å². The van der Waals surface area contributed by atoms with Gasteiger partial charge in [-0.2, -0.15) is 18.4 Å². The fraction of sp³-hybridized carbons (Fsp3) is 0.550. The monoisotopic (exact) mass is 489 g/mol. The van der Waals surface area contributed by atoms with Gasteiger partial charge in [0.1, 0.15) is 5.56 Å². The van der Waals surface area contributed by atoms with Gasteiger partial charge in [0.15, 0.2) is 5.82 Å². The van der Waals surface area contributed by atoms with E-state index in [4.69, 9.17) is 10.00 Å². The van der Waals surface area contributed by atoms with E-state index in [1.54, 1.807) is 0 Å². The molecule has 2 amide bonds. The first-order valence-corrected chi connectivity index (χ1v) is 11.6. The molecule has 0 saturated carbocycles. The zero-order valence-corrected chi connectivity index (χ0v) is 18.5. The lowest BCUT2D eigenvalue weighted by Gasteiger charge is -2.35. The summed E-state index contributed by atoms with van der Waals surface area (Å²) in [5.41, 5.74) is -6.54. The summed E-state index contributed by atoms with van der Waals surface area (Å²) in [6.07, 6.45) is -5.20. The Kier molecular flexibility index (Phi) is 4.98. The van der Waals surface area contributed by atoms with Gasteiger partial charge in [0.2, 0.25) is 21.8 Å². The number of fused-ring (bicyclic) bond motifs is 5. The van der Waals surface area contributed by atoms with Crippen LogP contribution >= 0.6 is 0 Å². The van der Waals surface area contributed by atoms with Crippen molar-refractivity contribution in [1.29, 1.82) is 5.26 Å². The second kappa shape index (κ2) is 6.97. The summed E-state index contributed by atoms with van der Waals surface area (Å²) >= 11 is 0. The summed E-state index contributed by atoms with van der Waals surface area (Å²) < 4.78 is 88.0. The molecule has 5 atom stereocenters. The highest BCUT2D eigenvalue weighted by Crippen LogP contribution is 2.61. The molecule has 0 aromatic heterocycles. The van der Waals surface area contributed by atoms with E-state index in [0.29, 0.717) is 11.0 Å². The maximum Gasteiger partial charge on any atom is 0.420 e. The van der Waals surface area contributed by atoms with Crippen LogP contribution in [-0.4, -0.2) is 43.2 Å². The lowest BCUT2D eigenvalue weighted by atomic mass is 9.67. The Morgan fingerprint density at radius 3 is 2.39 bits per heavy atom. The molecule has 33 heavy (non-hydrogen) atoms. The summed E-state index contributed by atoms with van der Waals surface area (Å²) in [4.78, 5) is 26.9. The van der Waals surface area contributed by atoms with E-state index in [1.807, 2.05) is 0 Å². The van der Waals surface area contributed by atoms with Crippen molar-refractivity contribution in [1.82, 2.24) is 4.72 Å². The molecule has 1 aromatic rings. The van der Waals surface area contributed by atoms with Gasteiger partial charge in [0.05, 0.1) is 52.2 Å². The van der Waals surface area contributed by atoms with Crippen LogP contribution in [0.1, 0.15) is 38.3 Å². The first-order chi connectivity index (χ1) is 15.1. The van der Waals surface area contributed by atoms with Gasteiger partial charge in [-0.05, 0) is 39.3 Å². The number of benzene rings is 1. The van der Waals surface area contributed by atoms with E-state index in [9.17, 15) is 35.6 Å². The molecule has 0 radical (unpaired) electrons. The summed E-state index contributed by atoms with van der Waals surface area (Å²) in [7, 11) is -3.71. The van der Waals surface area contributed by atoms with Crippen molar-refractivity contribution in [3.8, 4) is 6.07 Å². The number of ether oxygens (including phenoxy) is 1. The SMILES string of the molecule is CCS(=O)(=O)N[C@@H]1C[C@@]2(C)O[C@]1(C)[C@@H]1C(=O)N(c3ccc(C#N)c(C(F)(F)F)c3F)C(=O)[C@@H]12. The average molecular weight is 489 g/mol. The number of halogens is 4. The summed E-state index contributed by atoms with van der Waals surface area (Å²) in [5, 5.41) is 8.95. The lowest BCUT2D eigenvalue weighted by molar-refractivity contribution is -0.140. The zero-order valence-electron chi connectivity index (χ0n) is 17.7. The molecule has 0 aliphatic carbocycles. The van der Waals surface area contributed by atoms with Crippen molar-refractivity contribution in [2.75, 3.05) is 10.7 Å². The number of nitriles is 1. The van der Waals surface area contributed by atoms with Gasteiger partial charge >= 0.3 is 6.18 Å². The third kappa shape index (κ3) is 3.18. The molecule has 3 fully saturated rings. The number of anilines is 1. The Bertz CT molecular complexity index is 1230. The molecule has 3 aliphatic rings. The van der Waals surface area contributed by atoms with Crippen LogP contribution in [0.25, 0.3) is 0 Å². The Balaban J connectivity index is 1.80. The number of alkyl halides is 3. The van der Waals surface area contributed by atoms with E-state index in [1.165, 1.54) is 26.8 Å². The van der Waals surface area contributed by atoms with E-state index < -0.39 is 79.7 Å². The highest BCUT2D eigenvalue weighted by atomic mass is 32.2. The van der Waals surface area contributed by atoms with Crippen LogP contribution < -0.4 is 9.62 Å². The Hall–Kier alpha value is -2.56. The molecule has 178 valence electrons. The lowest BCUT2D eigenvalue weighted by Crippen LogP contribution is -2.56. The number of hydrogen-bond acceptors (Lipinski definition) is 6. The number of nitrogens with one attached hydrogen (secondary N) is 1. The molecular formula is C20H19F4N3O5S. The topological polar surface area (TPSA) is 117 Å². The molecule has 0 spiro atoms. The first-order valence-electron chi connectivity index (χ1n) is 9.99. The molecule has 3 aliphatic heterocycles. The maximum atomic E-state index is 15.0. The fourth-order valence-electron chi connectivity index (χ4n) is 5.36. The van der Waals surface area contributed by atoms with Gasteiger partial charge in [-0.1, -0.05) is 0 Å². The van der Waals surface area contributed by atoms with Crippen LogP contribution in [0.2, 0.25) is 0 Å². The Morgan fingerprint density at radius 2 is 1.85 bits per heavy atom. The van der Waals surface area contributed by atoms with Crippen molar-refractivity contribution in [2.45, 2.75) is 50.6 Å². The van der Waals surface area contributed by atoms with Crippen LogP contribution in [0, 0.1) is 29.0 Å². The van der Waals surface area contributed by atoms with E-state index in [2.05, 4.69) is 4.72 Å². The van der Waals surface area contributed by atoms with Gasteiger partial charge in [-0.15, -0.1) is 0 Å². The molecular weight excluding hydrogens is 470 g/mol. The maximum absolute atomic E-state index is 15.0. The second-order valence-corrected chi connectivity index (χ2v) is 10.8. The number of rotatable bonds is 4. The number of amides is 2. The minimum absolute atomic E-state index is 0.0421. The number of imide groups is 1. The molecule has 13 heteroatoms. The van der Waals surface area contributed by atoms with Gasteiger partial charge < -0.3 is 4.74 Å². The third-order valence-electron chi connectivity index (χ3n) is 6.80.